The first-order valence-electron chi connectivity index (χ1n) is 4.87. The SMILES string of the molecule is CC(C)(CN)C1CCCCC1. The first kappa shape index (κ1) is 9.05. The lowest BCUT2D eigenvalue weighted by Gasteiger charge is -2.35. The van der Waals surface area contributed by atoms with Crippen molar-refractivity contribution < 1.29 is 0 Å². The van der Waals surface area contributed by atoms with Gasteiger partial charge in [-0.25, -0.2) is 0 Å². The van der Waals surface area contributed by atoms with Crippen LogP contribution in [0.3, 0.4) is 0 Å². The molecule has 0 saturated heterocycles. The van der Waals surface area contributed by atoms with Gasteiger partial charge in [0, 0.05) is 0 Å². The van der Waals surface area contributed by atoms with E-state index in [-0.39, 0.29) is 0 Å². The molecular formula is C10H21N. The number of rotatable bonds is 2. The second kappa shape index (κ2) is 3.57. The van der Waals surface area contributed by atoms with Crippen molar-refractivity contribution in [2.24, 2.45) is 17.1 Å². The summed E-state index contributed by atoms with van der Waals surface area (Å²) in [6.07, 6.45) is 7.10. The van der Waals surface area contributed by atoms with Gasteiger partial charge in [0.1, 0.15) is 0 Å². The zero-order valence-electron chi connectivity index (χ0n) is 7.90. The Morgan fingerprint density at radius 1 is 1.18 bits per heavy atom. The summed E-state index contributed by atoms with van der Waals surface area (Å²) in [5.74, 6) is 0.890. The highest BCUT2D eigenvalue weighted by Crippen LogP contribution is 2.37. The highest BCUT2D eigenvalue weighted by atomic mass is 14.6. The topological polar surface area (TPSA) is 26.0 Å². The van der Waals surface area contributed by atoms with E-state index in [2.05, 4.69) is 13.8 Å². The Kier molecular flexibility index (Phi) is 2.94. The third kappa shape index (κ3) is 2.19. The van der Waals surface area contributed by atoms with Gasteiger partial charge in [-0.05, 0) is 30.7 Å². The maximum atomic E-state index is 5.74. The molecule has 0 aromatic carbocycles. The molecular weight excluding hydrogens is 134 g/mol. The lowest BCUT2D eigenvalue weighted by atomic mass is 9.71. The van der Waals surface area contributed by atoms with Gasteiger partial charge in [0.25, 0.3) is 0 Å². The Morgan fingerprint density at radius 3 is 2.18 bits per heavy atom. The molecule has 0 unspecified atom stereocenters. The van der Waals surface area contributed by atoms with Crippen molar-refractivity contribution in [3.8, 4) is 0 Å². The molecule has 0 amide bonds. The fraction of sp³-hybridized carbons (Fsp3) is 1.00. The monoisotopic (exact) mass is 155 g/mol. The number of nitrogens with two attached hydrogens (primary N) is 1. The van der Waals surface area contributed by atoms with Gasteiger partial charge < -0.3 is 5.73 Å². The van der Waals surface area contributed by atoms with E-state index < -0.39 is 0 Å². The minimum atomic E-state index is 0.389. The zero-order chi connectivity index (χ0) is 8.32. The fourth-order valence-corrected chi connectivity index (χ4v) is 2.05. The highest BCUT2D eigenvalue weighted by molar-refractivity contribution is 4.81. The minimum absolute atomic E-state index is 0.389. The summed E-state index contributed by atoms with van der Waals surface area (Å²) < 4.78 is 0. The van der Waals surface area contributed by atoms with Gasteiger partial charge in [-0.2, -0.15) is 0 Å². The molecule has 2 N–H and O–H groups in total. The molecule has 0 atom stereocenters. The van der Waals surface area contributed by atoms with Gasteiger partial charge in [0.15, 0.2) is 0 Å². The molecule has 1 nitrogen and oxygen atoms in total. The Morgan fingerprint density at radius 2 is 1.73 bits per heavy atom. The summed E-state index contributed by atoms with van der Waals surface area (Å²) in [7, 11) is 0. The van der Waals surface area contributed by atoms with Crippen molar-refractivity contribution in [1.82, 2.24) is 0 Å². The highest BCUT2D eigenvalue weighted by Gasteiger charge is 2.28. The Labute approximate surface area is 70.4 Å². The van der Waals surface area contributed by atoms with Crippen LogP contribution in [0.25, 0.3) is 0 Å². The Balaban J connectivity index is 2.43. The molecule has 66 valence electrons. The molecule has 0 aliphatic heterocycles. The van der Waals surface area contributed by atoms with Gasteiger partial charge in [0.2, 0.25) is 0 Å². The maximum absolute atomic E-state index is 5.74. The normalized spacial score (nSPS) is 22.1. The van der Waals surface area contributed by atoms with E-state index in [4.69, 9.17) is 5.73 Å². The molecule has 1 rings (SSSR count). The molecule has 1 saturated carbocycles. The second-order valence-electron chi connectivity index (χ2n) is 4.53. The molecule has 1 aliphatic carbocycles. The van der Waals surface area contributed by atoms with Crippen LogP contribution in [0.4, 0.5) is 0 Å². The third-order valence-electron chi connectivity index (χ3n) is 3.24. The summed E-state index contributed by atoms with van der Waals surface area (Å²) in [6.45, 7) is 5.46. The van der Waals surface area contributed by atoms with E-state index in [0.29, 0.717) is 5.41 Å². The predicted octanol–water partition coefficient (Wildman–Crippen LogP) is 2.55. The van der Waals surface area contributed by atoms with Gasteiger partial charge in [-0.3, -0.25) is 0 Å². The van der Waals surface area contributed by atoms with Crippen molar-refractivity contribution >= 4 is 0 Å². The summed E-state index contributed by atoms with van der Waals surface area (Å²) in [6, 6.07) is 0. The minimum Gasteiger partial charge on any atom is -0.330 e. The van der Waals surface area contributed by atoms with Crippen LogP contribution in [0.15, 0.2) is 0 Å². The van der Waals surface area contributed by atoms with Crippen LogP contribution < -0.4 is 5.73 Å². The molecule has 0 bridgehead atoms. The quantitative estimate of drug-likeness (QED) is 0.651. The molecule has 0 heterocycles. The van der Waals surface area contributed by atoms with E-state index >= 15 is 0 Å². The van der Waals surface area contributed by atoms with Crippen LogP contribution in [-0.2, 0) is 0 Å². The zero-order valence-corrected chi connectivity index (χ0v) is 7.90. The van der Waals surface area contributed by atoms with E-state index in [1.165, 1.54) is 32.1 Å². The lowest BCUT2D eigenvalue weighted by Crippen LogP contribution is -2.33. The van der Waals surface area contributed by atoms with Crippen molar-refractivity contribution in [1.29, 1.82) is 0 Å². The van der Waals surface area contributed by atoms with E-state index in [0.717, 1.165) is 12.5 Å². The van der Waals surface area contributed by atoms with Gasteiger partial charge in [0.05, 0.1) is 0 Å². The van der Waals surface area contributed by atoms with Crippen molar-refractivity contribution in [2.45, 2.75) is 46.0 Å². The average Bonchev–Trinajstić information content (AvgIpc) is 2.06. The summed E-state index contributed by atoms with van der Waals surface area (Å²) in [5.41, 5.74) is 6.13. The predicted molar refractivity (Wildman–Crippen MR) is 49.4 cm³/mol. The van der Waals surface area contributed by atoms with Crippen LogP contribution in [-0.4, -0.2) is 6.54 Å². The molecule has 11 heavy (non-hydrogen) atoms. The molecule has 1 aliphatic rings. The summed E-state index contributed by atoms with van der Waals surface area (Å²) >= 11 is 0. The van der Waals surface area contributed by atoms with Crippen molar-refractivity contribution in [3.05, 3.63) is 0 Å². The van der Waals surface area contributed by atoms with Crippen molar-refractivity contribution in [3.63, 3.8) is 0 Å². The molecule has 0 aromatic rings. The molecule has 0 aromatic heterocycles. The van der Waals surface area contributed by atoms with E-state index in [1.807, 2.05) is 0 Å². The Hall–Kier alpha value is -0.0400. The number of hydrogen-bond acceptors (Lipinski definition) is 1. The van der Waals surface area contributed by atoms with Crippen LogP contribution in [0.2, 0.25) is 0 Å². The van der Waals surface area contributed by atoms with Crippen LogP contribution >= 0.6 is 0 Å². The molecule has 1 fully saturated rings. The fourth-order valence-electron chi connectivity index (χ4n) is 2.05. The smallest absolute Gasteiger partial charge is 0.00232 e. The largest absolute Gasteiger partial charge is 0.330 e. The van der Waals surface area contributed by atoms with Crippen molar-refractivity contribution in [2.75, 3.05) is 6.54 Å². The standard InChI is InChI=1S/C10H21N/c1-10(2,8-11)9-6-4-3-5-7-9/h9H,3-8,11H2,1-2H3. The van der Waals surface area contributed by atoms with Gasteiger partial charge >= 0.3 is 0 Å². The lowest BCUT2D eigenvalue weighted by molar-refractivity contribution is 0.167. The molecule has 1 heteroatoms. The van der Waals surface area contributed by atoms with Crippen LogP contribution in [0.5, 0.6) is 0 Å². The summed E-state index contributed by atoms with van der Waals surface area (Å²) in [4.78, 5) is 0. The van der Waals surface area contributed by atoms with E-state index in [9.17, 15) is 0 Å². The van der Waals surface area contributed by atoms with Crippen LogP contribution in [0, 0.1) is 11.3 Å². The first-order chi connectivity index (χ1) is 5.17. The average molecular weight is 155 g/mol. The first-order valence-corrected chi connectivity index (χ1v) is 4.87. The van der Waals surface area contributed by atoms with Crippen LogP contribution in [0.1, 0.15) is 46.0 Å². The molecule has 0 spiro atoms. The molecule has 0 radical (unpaired) electrons. The second-order valence-corrected chi connectivity index (χ2v) is 4.53. The van der Waals surface area contributed by atoms with E-state index in [1.54, 1.807) is 0 Å². The van der Waals surface area contributed by atoms with Gasteiger partial charge in [-0.15, -0.1) is 0 Å². The number of hydrogen-bond donors (Lipinski definition) is 1. The summed E-state index contributed by atoms with van der Waals surface area (Å²) in [5, 5.41) is 0. The van der Waals surface area contributed by atoms with Gasteiger partial charge in [-0.1, -0.05) is 33.1 Å². The maximum Gasteiger partial charge on any atom is -0.00232 e. The Bertz CT molecular complexity index is 112. The third-order valence-corrected chi connectivity index (χ3v) is 3.24.